The molecule has 0 saturated carbocycles. The van der Waals surface area contributed by atoms with E-state index in [1.807, 2.05) is 25.1 Å². The van der Waals surface area contributed by atoms with E-state index in [4.69, 9.17) is 4.42 Å². The number of nitrogens with zero attached hydrogens (tertiary/aromatic N) is 2. The van der Waals surface area contributed by atoms with Gasteiger partial charge in [-0.1, -0.05) is 15.9 Å². The predicted molar refractivity (Wildman–Crippen MR) is 76.1 cm³/mol. The minimum atomic E-state index is -0.607. The van der Waals surface area contributed by atoms with E-state index < -0.39 is 4.32 Å². The lowest BCUT2D eigenvalue weighted by molar-refractivity contribution is -0.117. The van der Waals surface area contributed by atoms with Crippen molar-refractivity contribution in [2.45, 2.75) is 25.1 Å². The largest absolute Gasteiger partial charge is 0.423 e. The molecule has 0 radical (unpaired) electrons. The van der Waals surface area contributed by atoms with Crippen LogP contribution in [-0.4, -0.2) is 20.4 Å². The standard InChI is InChI=1S/C13H14BrN3O2/c1-8-6-9(11-17-15-7-19-11)4-5-10(8)16-12(18)13(2,3)14/h4-7H,1-3H3,(H,16,18). The molecule has 0 saturated heterocycles. The van der Waals surface area contributed by atoms with Crippen LogP contribution >= 0.6 is 15.9 Å². The second-order valence-corrected chi connectivity index (χ2v) is 6.68. The molecular formula is C13H14BrN3O2. The van der Waals surface area contributed by atoms with Gasteiger partial charge in [0.25, 0.3) is 0 Å². The van der Waals surface area contributed by atoms with Gasteiger partial charge in [0.1, 0.15) is 0 Å². The number of benzene rings is 1. The molecule has 0 fully saturated rings. The summed E-state index contributed by atoms with van der Waals surface area (Å²) in [5, 5.41) is 10.4. The zero-order chi connectivity index (χ0) is 14.0. The van der Waals surface area contributed by atoms with Gasteiger partial charge in [-0.2, -0.15) is 0 Å². The van der Waals surface area contributed by atoms with Gasteiger partial charge in [-0.3, -0.25) is 4.79 Å². The first-order valence-corrected chi connectivity index (χ1v) is 6.55. The minimum absolute atomic E-state index is 0.0962. The van der Waals surface area contributed by atoms with Gasteiger partial charge in [0.2, 0.25) is 18.2 Å². The van der Waals surface area contributed by atoms with Crippen molar-refractivity contribution < 1.29 is 9.21 Å². The molecule has 0 unspecified atom stereocenters. The molecule has 19 heavy (non-hydrogen) atoms. The number of amides is 1. The summed E-state index contributed by atoms with van der Waals surface area (Å²) in [7, 11) is 0. The molecule has 0 aliphatic heterocycles. The van der Waals surface area contributed by atoms with Gasteiger partial charge in [-0.05, 0) is 44.5 Å². The van der Waals surface area contributed by atoms with Gasteiger partial charge in [0.15, 0.2) is 0 Å². The molecule has 1 N–H and O–H groups in total. The Kier molecular flexibility index (Phi) is 3.71. The Labute approximate surface area is 119 Å². The van der Waals surface area contributed by atoms with Crippen LogP contribution < -0.4 is 5.32 Å². The molecule has 2 aromatic rings. The third-order valence-corrected chi connectivity index (χ3v) is 2.98. The zero-order valence-corrected chi connectivity index (χ0v) is 12.5. The SMILES string of the molecule is Cc1cc(-c2nnco2)ccc1NC(=O)C(C)(C)Br. The lowest BCUT2D eigenvalue weighted by atomic mass is 10.1. The van der Waals surface area contributed by atoms with Crippen molar-refractivity contribution in [3.63, 3.8) is 0 Å². The highest BCUT2D eigenvalue weighted by molar-refractivity contribution is 9.10. The van der Waals surface area contributed by atoms with Gasteiger partial charge >= 0.3 is 0 Å². The molecule has 1 amide bonds. The second-order valence-electron chi connectivity index (χ2n) is 4.70. The van der Waals surface area contributed by atoms with Crippen molar-refractivity contribution in [3.8, 4) is 11.5 Å². The predicted octanol–water partition coefficient (Wildman–Crippen LogP) is 3.16. The van der Waals surface area contributed by atoms with Crippen LogP contribution in [0.4, 0.5) is 5.69 Å². The van der Waals surface area contributed by atoms with Crippen LogP contribution in [0.5, 0.6) is 0 Å². The highest BCUT2D eigenvalue weighted by Crippen LogP contribution is 2.25. The van der Waals surface area contributed by atoms with Gasteiger partial charge in [0, 0.05) is 11.3 Å². The number of carbonyl (C=O) groups is 1. The first kappa shape index (κ1) is 13.7. The Hall–Kier alpha value is -1.69. The summed E-state index contributed by atoms with van der Waals surface area (Å²) in [6, 6.07) is 5.55. The van der Waals surface area contributed by atoms with Crippen molar-refractivity contribution >= 4 is 27.5 Å². The number of hydrogen-bond acceptors (Lipinski definition) is 4. The Morgan fingerprint density at radius 3 is 2.68 bits per heavy atom. The fraction of sp³-hybridized carbons (Fsp3) is 0.308. The average Bonchev–Trinajstić information content (AvgIpc) is 2.84. The Bertz CT molecular complexity index is 588. The first-order valence-electron chi connectivity index (χ1n) is 5.75. The number of halogens is 1. The summed E-state index contributed by atoms with van der Waals surface area (Å²) in [6.45, 7) is 5.51. The van der Waals surface area contributed by atoms with Crippen molar-refractivity contribution in [1.29, 1.82) is 0 Å². The third kappa shape index (κ3) is 3.20. The number of alkyl halides is 1. The molecule has 1 aromatic carbocycles. The van der Waals surface area contributed by atoms with E-state index in [0.29, 0.717) is 5.89 Å². The zero-order valence-electron chi connectivity index (χ0n) is 10.9. The highest BCUT2D eigenvalue weighted by atomic mass is 79.9. The molecule has 0 bridgehead atoms. The summed E-state index contributed by atoms with van der Waals surface area (Å²) in [5.41, 5.74) is 2.52. The summed E-state index contributed by atoms with van der Waals surface area (Å²) in [5.74, 6) is 0.364. The normalized spacial score (nSPS) is 11.4. The van der Waals surface area contributed by atoms with Crippen molar-refractivity contribution in [2.75, 3.05) is 5.32 Å². The lowest BCUT2D eigenvalue weighted by Gasteiger charge is -2.17. The van der Waals surface area contributed by atoms with E-state index in [1.54, 1.807) is 13.8 Å². The Balaban J connectivity index is 2.23. The van der Waals surface area contributed by atoms with Crippen molar-refractivity contribution in [1.82, 2.24) is 10.2 Å². The quantitative estimate of drug-likeness (QED) is 0.881. The van der Waals surface area contributed by atoms with Crippen LogP contribution in [0.3, 0.4) is 0 Å². The molecule has 0 atom stereocenters. The second kappa shape index (κ2) is 5.13. The van der Waals surface area contributed by atoms with E-state index in [0.717, 1.165) is 16.8 Å². The maximum Gasteiger partial charge on any atom is 0.247 e. The van der Waals surface area contributed by atoms with Gasteiger partial charge in [-0.15, -0.1) is 10.2 Å². The molecule has 1 heterocycles. The number of carbonyl (C=O) groups excluding carboxylic acids is 1. The number of rotatable bonds is 3. The molecular weight excluding hydrogens is 310 g/mol. The summed E-state index contributed by atoms with van der Waals surface area (Å²) in [6.07, 6.45) is 1.29. The van der Waals surface area contributed by atoms with Gasteiger partial charge in [0.05, 0.1) is 4.32 Å². The molecule has 1 aromatic heterocycles. The lowest BCUT2D eigenvalue weighted by Crippen LogP contribution is -2.31. The smallest absolute Gasteiger partial charge is 0.247 e. The number of nitrogens with one attached hydrogen (secondary N) is 1. The fourth-order valence-electron chi connectivity index (χ4n) is 1.51. The molecule has 100 valence electrons. The van der Waals surface area contributed by atoms with Crippen LogP contribution in [0.1, 0.15) is 19.4 Å². The highest BCUT2D eigenvalue weighted by Gasteiger charge is 2.24. The number of hydrogen-bond donors (Lipinski definition) is 1. The topological polar surface area (TPSA) is 68.0 Å². The van der Waals surface area contributed by atoms with Crippen LogP contribution in [0, 0.1) is 6.92 Å². The van der Waals surface area contributed by atoms with Crippen LogP contribution in [0.25, 0.3) is 11.5 Å². The maximum absolute atomic E-state index is 11.9. The molecule has 0 spiro atoms. The molecule has 5 nitrogen and oxygen atoms in total. The molecule has 6 heteroatoms. The van der Waals surface area contributed by atoms with Crippen LogP contribution in [0.2, 0.25) is 0 Å². The Morgan fingerprint density at radius 2 is 2.16 bits per heavy atom. The van der Waals surface area contributed by atoms with Gasteiger partial charge < -0.3 is 9.73 Å². The van der Waals surface area contributed by atoms with Crippen LogP contribution in [0.15, 0.2) is 29.0 Å². The fourth-order valence-corrected chi connectivity index (χ4v) is 1.61. The molecule has 0 aliphatic carbocycles. The summed E-state index contributed by atoms with van der Waals surface area (Å²) >= 11 is 3.33. The molecule has 2 rings (SSSR count). The van der Waals surface area contributed by atoms with Crippen molar-refractivity contribution in [2.24, 2.45) is 0 Å². The van der Waals surface area contributed by atoms with E-state index in [1.165, 1.54) is 6.39 Å². The average molecular weight is 324 g/mol. The number of anilines is 1. The Morgan fingerprint density at radius 1 is 1.42 bits per heavy atom. The minimum Gasteiger partial charge on any atom is -0.423 e. The monoisotopic (exact) mass is 323 g/mol. The molecule has 0 aliphatic rings. The third-order valence-electron chi connectivity index (χ3n) is 2.62. The van der Waals surface area contributed by atoms with E-state index in [2.05, 4.69) is 31.4 Å². The van der Waals surface area contributed by atoms with E-state index in [-0.39, 0.29) is 5.91 Å². The number of aryl methyl sites for hydroxylation is 1. The van der Waals surface area contributed by atoms with Crippen LogP contribution in [-0.2, 0) is 4.79 Å². The van der Waals surface area contributed by atoms with Gasteiger partial charge in [-0.25, -0.2) is 0 Å². The van der Waals surface area contributed by atoms with Crippen molar-refractivity contribution in [3.05, 3.63) is 30.2 Å². The first-order chi connectivity index (χ1) is 8.88. The van der Waals surface area contributed by atoms with E-state index in [9.17, 15) is 4.79 Å². The summed E-state index contributed by atoms with van der Waals surface area (Å²) in [4.78, 5) is 11.9. The number of aromatic nitrogens is 2. The maximum atomic E-state index is 11.9. The van der Waals surface area contributed by atoms with E-state index >= 15 is 0 Å². The summed E-state index contributed by atoms with van der Waals surface area (Å²) < 4.78 is 4.53.